The monoisotopic (exact) mass is 260 g/mol. The molecule has 2 aromatic rings. The lowest BCUT2D eigenvalue weighted by Crippen LogP contribution is -2.14. The van der Waals surface area contributed by atoms with E-state index in [9.17, 15) is 4.79 Å². The van der Waals surface area contributed by atoms with Gasteiger partial charge in [-0.3, -0.25) is 4.98 Å². The van der Waals surface area contributed by atoms with Crippen molar-refractivity contribution < 1.29 is 14.3 Å². The summed E-state index contributed by atoms with van der Waals surface area (Å²) in [6, 6.07) is 7.10. The van der Waals surface area contributed by atoms with Crippen molar-refractivity contribution in [3.63, 3.8) is 0 Å². The molecule has 2 rings (SSSR count). The summed E-state index contributed by atoms with van der Waals surface area (Å²) in [5, 5.41) is 11.9. The van der Waals surface area contributed by atoms with Gasteiger partial charge in [0.2, 0.25) is 5.76 Å². The Morgan fingerprint density at radius 1 is 1.37 bits per heavy atom. The highest BCUT2D eigenvalue weighted by atomic mass is 16.4. The molecule has 0 atom stereocenters. The lowest BCUT2D eigenvalue weighted by atomic mass is 10.1. The van der Waals surface area contributed by atoms with Gasteiger partial charge in [0, 0.05) is 12.7 Å². The van der Waals surface area contributed by atoms with Gasteiger partial charge in [0.15, 0.2) is 0 Å². The van der Waals surface area contributed by atoms with E-state index < -0.39 is 5.97 Å². The molecule has 0 radical (unpaired) electrons. The minimum Gasteiger partial charge on any atom is -0.475 e. The summed E-state index contributed by atoms with van der Waals surface area (Å²) in [5.41, 5.74) is 2.22. The number of aromatic nitrogens is 1. The van der Waals surface area contributed by atoms with Crippen molar-refractivity contribution in [2.75, 3.05) is 0 Å². The number of nitrogens with one attached hydrogen (secondary N) is 1. The van der Waals surface area contributed by atoms with Crippen molar-refractivity contribution in [1.82, 2.24) is 10.3 Å². The van der Waals surface area contributed by atoms with E-state index in [1.165, 1.54) is 11.6 Å². The first-order valence-electron chi connectivity index (χ1n) is 6.16. The highest BCUT2D eigenvalue weighted by Gasteiger charge is 2.08. The van der Waals surface area contributed by atoms with Crippen LogP contribution in [0.3, 0.4) is 0 Å². The fraction of sp³-hybridized carbons (Fsp3) is 0.286. The molecule has 0 amide bonds. The SMILES string of the molecule is CCc1cccnc1CNCc1ccc(C(=O)O)o1. The number of hydrogen-bond acceptors (Lipinski definition) is 4. The fourth-order valence-corrected chi connectivity index (χ4v) is 1.84. The number of aromatic carboxylic acids is 1. The Kier molecular flexibility index (Phi) is 4.30. The van der Waals surface area contributed by atoms with Crippen molar-refractivity contribution in [3.05, 3.63) is 53.2 Å². The number of rotatable bonds is 6. The molecule has 0 aliphatic carbocycles. The molecule has 0 spiro atoms. The normalized spacial score (nSPS) is 10.6. The van der Waals surface area contributed by atoms with Crippen molar-refractivity contribution in [1.29, 1.82) is 0 Å². The second kappa shape index (κ2) is 6.15. The summed E-state index contributed by atoms with van der Waals surface area (Å²) < 4.78 is 5.16. The summed E-state index contributed by atoms with van der Waals surface area (Å²) in [6.07, 6.45) is 2.71. The number of carboxylic acid groups (broad SMARTS) is 1. The predicted octanol–water partition coefficient (Wildman–Crippen LogP) is 2.22. The van der Waals surface area contributed by atoms with Crippen LogP contribution in [0.1, 0.15) is 34.5 Å². The topological polar surface area (TPSA) is 75.4 Å². The van der Waals surface area contributed by atoms with E-state index in [0.717, 1.165) is 12.1 Å². The summed E-state index contributed by atoms with van der Waals surface area (Å²) in [5.74, 6) is -0.487. The molecule has 0 aromatic carbocycles. The van der Waals surface area contributed by atoms with Gasteiger partial charge in [0.1, 0.15) is 5.76 Å². The van der Waals surface area contributed by atoms with Crippen LogP contribution in [0.15, 0.2) is 34.9 Å². The molecule has 0 aliphatic rings. The molecule has 0 fully saturated rings. The summed E-state index contributed by atoms with van der Waals surface area (Å²) in [6.45, 7) is 3.20. The van der Waals surface area contributed by atoms with Crippen LogP contribution in [-0.4, -0.2) is 16.1 Å². The number of carbonyl (C=O) groups is 1. The van der Waals surface area contributed by atoms with Crippen LogP contribution in [0.25, 0.3) is 0 Å². The largest absolute Gasteiger partial charge is 0.475 e. The van der Waals surface area contributed by atoms with E-state index in [0.29, 0.717) is 18.8 Å². The zero-order valence-corrected chi connectivity index (χ0v) is 10.7. The van der Waals surface area contributed by atoms with E-state index in [1.807, 2.05) is 6.07 Å². The first-order chi connectivity index (χ1) is 9.20. The van der Waals surface area contributed by atoms with Crippen LogP contribution >= 0.6 is 0 Å². The maximum Gasteiger partial charge on any atom is 0.371 e. The Bertz CT molecular complexity index is 563. The van der Waals surface area contributed by atoms with Gasteiger partial charge in [-0.1, -0.05) is 13.0 Å². The lowest BCUT2D eigenvalue weighted by molar-refractivity contribution is 0.0660. The molecule has 5 heteroatoms. The van der Waals surface area contributed by atoms with Crippen molar-refractivity contribution in [3.8, 4) is 0 Å². The number of hydrogen-bond donors (Lipinski definition) is 2. The zero-order chi connectivity index (χ0) is 13.7. The Morgan fingerprint density at radius 2 is 2.21 bits per heavy atom. The molecule has 5 nitrogen and oxygen atoms in total. The van der Waals surface area contributed by atoms with Crippen molar-refractivity contribution in [2.24, 2.45) is 0 Å². The second-order valence-corrected chi connectivity index (χ2v) is 4.14. The standard InChI is InChI=1S/C14H16N2O3/c1-2-10-4-3-7-16-12(10)9-15-8-11-5-6-13(19-11)14(17)18/h3-7,15H,2,8-9H2,1H3,(H,17,18). The van der Waals surface area contributed by atoms with Crippen LogP contribution in [-0.2, 0) is 19.5 Å². The van der Waals surface area contributed by atoms with Gasteiger partial charge >= 0.3 is 5.97 Å². The van der Waals surface area contributed by atoms with Crippen LogP contribution in [0.5, 0.6) is 0 Å². The summed E-state index contributed by atoms with van der Waals surface area (Å²) in [7, 11) is 0. The molecular formula is C14H16N2O3. The Labute approximate surface area is 111 Å². The summed E-state index contributed by atoms with van der Waals surface area (Å²) >= 11 is 0. The van der Waals surface area contributed by atoms with Gasteiger partial charge in [0.05, 0.1) is 12.2 Å². The third-order valence-electron chi connectivity index (χ3n) is 2.83. The number of nitrogens with zero attached hydrogens (tertiary/aromatic N) is 1. The van der Waals surface area contributed by atoms with E-state index in [4.69, 9.17) is 9.52 Å². The van der Waals surface area contributed by atoms with Gasteiger partial charge < -0.3 is 14.8 Å². The smallest absolute Gasteiger partial charge is 0.371 e. The molecule has 0 aliphatic heterocycles. The van der Waals surface area contributed by atoms with E-state index >= 15 is 0 Å². The van der Waals surface area contributed by atoms with Crippen LogP contribution in [0.2, 0.25) is 0 Å². The number of furan rings is 1. The van der Waals surface area contributed by atoms with Crippen molar-refractivity contribution in [2.45, 2.75) is 26.4 Å². The first kappa shape index (κ1) is 13.3. The van der Waals surface area contributed by atoms with E-state index in [-0.39, 0.29) is 5.76 Å². The van der Waals surface area contributed by atoms with Crippen LogP contribution in [0, 0.1) is 0 Å². The highest BCUT2D eigenvalue weighted by molar-refractivity contribution is 5.84. The molecule has 2 N–H and O–H groups in total. The van der Waals surface area contributed by atoms with Crippen molar-refractivity contribution >= 4 is 5.97 Å². The third-order valence-corrected chi connectivity index (χ3v) is 2.83. The Morgan fingerprint density at radius 3 is 2.89 bits per heavy atom. The Balaban J connectivity index is 1.90. The molecule has 19 heavy (non-hydrogen) atoms. The molecular weight excluding hydrogens is 244 g/mol. The van der Waals surface area contributed by atoms with E-state index in [1.54, 1.807) is 12.3 Å². The lowest BCUT2D eigenvalue weighted by Gasteiger charge is -2.06. The molecule has 0 bridgehead atoms. The van der Waals surface area contributed by atoms with E-state index in [2.05, 4.69) is 23.3 Å². The van der Waals surface area contributed by atoms with Gasteiger partial charge in [-0.15, -0.1) is 0 Å². The average molecular weight is 260 g/mol. The quantitative estimate of drug-likeness (QED) is 0.833. The Hall–Kier alpha value is -2.14. The zero-order valence-electron chi connectivity index (χ0n) is 10.7. The number of carboxylic acids is 1. The molecule has 0 unspecified atom stereocenters. The minimum absolute atomic E-state index is 0.0381. The van der Waals surface area contributed by atoms with Gasteiger partial charge in [-0.25, -0.2) is 4.79 Å². The number of aryl methyl sites for hydroxylation is 1. The summed E-state index contributed by atoms with van der Waals surface area (Å²) in [4.78, 5) is 15.0. The predicted molar refractivity (Wildman–Crippen MR) is 69.8 cm³/mol. The molecule has 0 saturated heterocycles. The van der Waals surface area contributed by atoms with Gasteiger partial charge in [-0.05, 0) is 30.2 Å². The molecule has 100 valence electrons. The highest BCUT2D eigenvalue weighted by Crippen LogP contribution is 2.09. The van der Waals surface area contributed by atoms with Gasteiger partial charge in [0.25, 0.3) is 0 Å². The first-order valence-corrected chi connectivity index (χ1v) is 6.16. The molecule has 0 saturated carbocycles. The average Bonchev–Trinajstić information content (AvgIpc) is 2.88. The maximum absolute atomic E-state index is 10.7. The minimum atomic E-state index is -1.05. The fourth-order valence-electron chi connectivity index (χ4n) is 1.84. The third kappa shape index (κ3) is 3.42. The molecule has 2 heterocycles. The van der Waals surface area contributed by atoms with Crippen LogP contribution in [0.4, 0.5) is 0 Å². The number of pyridine rings is 1. The maximum atomic E-state index is 10.7. The van der Waals surface area contributed by atoms with Crippen LogP contribution < -0.4 is 5.32 Å². The van der Waals surface area contributed by atoms with Gasteiger partial charge in [-0.2, -0.15) is 0 Å². The second-order valence-electron chi connectivity index (χ2n) is 4.14. The molecule has 2 aromatic heterocycles.